The molecule has 1 N–H and O–H groups in total. The molecule has 0 saturated heterocycles. The van der Waals surface area contributed by atoms with Crippen molar-refractivity contribution in [2.24, 2.45) is 5.10 Å². The summed E-state index contributed by atoms with van der Waals surface area (Å²) < 4.78 is 11.1. The van der Waals surface area contributed by atoms with Gasteiger partial charge in [-0.1, -0.05) is 17.7 Å². The van der Waals surface area contributed by atoms with E-state index in [-0.39, 0.29) is 12.7 Å². The quantitative estimate of drug-likeness (QED) is 0.218. The highest BCUT2D eigenvalue weighted by Gasteiger charge is 2.26. The van der Waals surface area contributed by atoms with Crippen LogP contribution in [-0.4, -0.2) is 38.8 Å². The van der Waals surface area contributed by atoms with Crippen molar-refractivity contribution in [1.82, 2.24) is 0 Å². The van der Waals surface area contributed by atoms with Gasteiger partial charge in [-0.3, -0.25) is 9.59 Å². The third-order valence-electron chi connectivity index (χ3n) is 6.75. The standard InChI is InChI=1S/C30H29ClN4O4/c1-18-5-6-20-7-8-21(32-30(37)25-14-22(34(3)4)9-11-26(25)31)13-24(20)29(18)35(33-19(2)16-36)23-10-12-27-28(15-23)39-17-38-27/h7-16H,5-6,17H2,1-4H3,(H,32,37)/b33-19+. The summed E-state index contributed by atoms with van der Waals surface area (Å²) >= 11 is 6.38. The Labute approximate surface area is 232 Å². The normalized spacial score (nSPS) is 14.1. The van der Waals surface area contributed by atoms with Crippen molar-refractivity contribution in [2.45, 2.75) is 26.7 Å². The number of rotatable bonds is 7. The van der Waals surface area contributed by atoms with E-state index in [1.807, 2.05) is 61.5 Å². The summed E-state index contributed by atoms with van der Waals surface area (Å²) in [6, 6.07) is 16.8. The number of aryl methyl sites for hydroxylation is 1. The molecule has 0 bridgehead atoms. The SMILES string of the molecule is CC1=C(N(/N=C(\C)C=O)c2ccc3c(c2)OCO3)c2cc(NC(=O)c3cc(N(C)C)ccc3Cl)ccc2CC1. The van der Waals surface area contributed by atoms with Crippen LogP contribution >= 0.6 is 11.6 Å². The van der Waals surface area contributed by atoms with Gasteiger partial charge in [0.1, 0.15) is 0 Å². The molecule has 1 amide bonds. The van der Waals surface area contributed by atoms with E-state index in [2.05, 4.69) is 17.3 Å². The zero-order chi connectivity index (χ0) is 27.7. The zero-order valence-electron chi connectivity index (χ0n) is 22.2. The Hall–Kier alpha value is -4.30. The number of hydrazone groups is 1. The lowest BCUT2D eigenvalue weighted by atomic mass is 9.89. The van der Waals surface area contributed by atoms with Crippen molar-refractivity contribution < 1.29 is 19.1 Å². The number of anilines is 3. The first-order valence-electron chi connectivity index (χ1n) is 12.6. The Morgan fingerprint density at radius 2 is 1.77 bits per heavy atom. The molecule has 0 aromatic heterocycles. The molecule has 39 heavy (non-hydrogen) atoms. The smallest absolute Gasteiger partial charge is 0.257 e. The Bertz CT molecular complexity index is 1530. The molecule has 0 fully saturated rings. The van der Waals surface area contributed by atoms with Gasteiger partial charge in [0.2, 0.25) is 6.79 Å². The topological polar surface area (TPSA) is 83.5 Å². The van der Waals surface area contributed by atoms with Crippen molar-refractivity contribution in [1.29, 1.82) is 0 Å². The summed E-state index contributed by atoms with van der Waals surface area (Å²) in [7, 11) is 3.82. The number of aldehydes is 1. The van der Waals surface area contributed by atoms with Crippen LogP contribution in [0.25, 0.3) is 5.70 Å². The minimum absolute atomic E-state index is 0.157. The summed E-state index contributed by atoms with van der Waals surface area (Å²) in [5.74, 6) is 0.972. The lowest BCUT2D eigenvalue weighted by molar-refractivity contribution is -0.102. The van der Waals surface area contributed by atoms with Crippen LogP contribution in [0.1, 0.15) is 41.8 Å². The number of amides is 1. The molecule has 1 aliphatic heterocycles. The molecule has 5 rings (SSSR count). The van der Waals surface area contributed by atoms with Gasteiger partial charge in [0.25, 0.3) is 5.91 Å². The first-order valence-corrected chi connectivity index (χ1v) is 12.9. The van der Waals surface area contributed by atoms with Crippen molar-refractivity contribution in [3.63, 3.8) is 0 Å². The molecule has 0 saturated carbocycles. The number of halogens is 1. The number of hydrogen-bond donors (Lipinski definition) is 1. The second-order valence-corrected chi connectivity index (χ2v) is 10.1. The molecule has 1 heterocycles. The minimum atomic E-state index is -0.302. The van der Waals surface area contributed by atoms with Crippen molar-refractivity contribution in [3.8, 4) is 11.5 Å². The van der Waals surface area contributed by atoms with Crippen LogP contribution in [0.3, 0.4) is 0 Å². The lowest BCUT2D eigenvalue weighted by Gasteiger charge is -2.30. The van der Waals surface area contributed by atoms with E-state index in [4.69, 9.17) is 21.1 Å². The van der Waals surface area contributed by atoms with Crippen LogP contribution in [0.2, 0.25) is 5.02 Å². The Kier molecular flexibility index (Phi) is 7.30. The number of allylic oxidation sites excluding steroid dienone is 1. The maximum Gasteiger partial charge on any atom is 0.257 e. The highest BCUT2D eigenvalue weighted by atomic mass is 35.5. The fourth-order valence-electron chi connectivity index (χ4n) is 4.66. The highest BCUT2D eigenvalue weighted by Crippen LogP contribution is 2.41. The molecule has 8 nitrogen and oxygen atoms in total. The Morgan fingerprint density at radius 1 is 1.00 bits per heavy atom. The van der Waals surface area contributed by atoms with E-state index < -0.39 is 0 Å². The predicted octanol–water partition coefficient (Wildman–Crippen LogP) is 6.15. The van der Waals surface area contributed by atoms with Crippen LogP contribution in [0.4, 0.5) is 17.1 Å². The predicted molar refractivity (Wildman–Crippen MR) is 155 cm³/mol. The van der Waals surface area contributed by atoms with Crippen LogP contribution < -0.4 is 24.7 Å². The molecule has 2 aliphatic rings. The number of fused-ring (bicyclic) bond motifs is 2. The molecule has 3 aromatic rings. The summed E-state index contributed by atoms with van der Waals surface area (Å²) in [5.41, 5.74) is 6.92. The van der Waals surface area contributed by atoms with Crippen LogP contribution in [0, 0.1) is 0 Å². The van der Waals surface area contributed by atoms with E-state index in [1.165, 1.54) is 0 Å². The number of benzene rings is 3. The maximum absolute atomic E-state index is 13.2. The molecular formula is C30H29ClN4O4. The molecule has 200 valence electrons. The first-order chi connectivity index (χ1) is 18.7. The molecule has 0 unspecified atom stereocenters. The van der Waals surface area contributed by atoms with E-state index in [0.717, 1.165) is 52.9 Å². The number of carbonyl (C=O) groups is 2. The van der Waals surface area contributed by atoms with Crippen molar-refractivity contribution >= 4 is 52.3 Å². The minimum Gasteiger partial charge on any atom is -0.454 e. The summed E-state index contributed by atoms with van der Waals surface area (Å²) in [5, 5.41) is 9.80. The lowest BCUT2D eigenvalue weighted by Crippen LogP contribution is -2.22. The largest absolute Gasteiger partial charge is 0.454 e. The van der Waals surface area contributed by atoms with Gasteiger partial charge in [0, 0.05) is 37.1 Å². The second-order valence-electron chi connectivity index (χ2n) is 9.72. The van der Waals surface area contributed by atoms with Crippen LogP contribution in [0.15, 0.2) is 65.3 Å². The third-order valence-corrected chi connectivity index (χ3v) is 7.08. The molecule has 3 aromatic carbocycles. The van der Waals surface area contributed by atoms with Gasteiger partial charge < -0.3 is 19.7 Å². The van der Waals surface area contributed by atoms with Gasteiger partial charge in [-0.25, -0.2) is 5.01 Å². The zero-order valence-corrected chi connectivity index (χ0v) is 23.0. The average Bonchev–Trinajstić information content (AvgIpc) is 3.40. The van der Waals surface area contributed by atoms with Crippen LogP contribution in [0.5, 0.6) is 11.5 Å². The number of nitrogens with one attached hydrogen (secondary N) is 1. The fourth-order valence-corrected chi connectivity index (χ4v) is 4.86. The first kappa shape index (κ1) is 26.3. The monoisotopic (exact) mass is 544 g/mol. The molecule has 0 spiro atoms. The number of hydrogen-bond acceptors (Lipinski definition) is 7. The number of carbonyl (C=O) groups excluding carboxylic acids is 2. The van der Waals surface area contributed by atoms with Crippen molar-refractivity contribution in [3.05, 3.63) is 81.9 Å². The van der Waals surface area contributed by atoms with Gasteiger partial charge >= 0.3 is 0 Å². The number of ether oxygens (including phenoxy) is 2. The van der Waals surface area contributed by atoms with Gasteiger partial charge in [-0.15, -0.1) is 0 Å². The van der Waals surface area contributed by atoms with Crippen LogP contribution in [-0.2, 0) is 11.2 Å². The van der Waals surface area contributed by atoms with Gasteiger partial charge in [0.15, 0.2) is 17.8 Å². The molecule has 9 heteroatoms. The highest BCUT2D eigenvalue weighted by molar-refractivity contribution is 6.34. The van der Waals surface area contributed by atoms with E-state index in [0.29, 0.717) is 33.5 Å². The van der Waals surface area contributed by atoms with E-state index in [1.54, 1.807) is 24.1 Å². The van der Waals surface area contributed by atoms with Crippen molar-refractivity contribution in [2.75, 3.05) is 36.1 Å². The van der Waals surface area contributed by atoms with Gasteiger partial charge in [-0.2, -0.15) is 5.10 Å². The summed E-state index contributed by atoms with van der Waals surface area (Å²) in [6.07, 6.45) is 2.40. The second kappa shape index (κ2) is 10.8. The average molecular weight is 545 g/mol. The summed E-state index contributed by atoms with van der Waals surface area (Å²) in [4.78, 5) is 26.8. The molecular weight excluding hydrogens is 516 g/mol. The van der Waals surface area contributed by atoms with E-state index in [9.17, 15) is 9.59 Å². The van der Waals surface area contributed by atoms with E-state index >= 15 is 0 Å². The fraction of sp³-hybridized carbons (Fsp3) is 0.233. The molecule has 1 aliphatic carbocycles. The molecule has 0 atom stereocenters. The Morgan fingerprint density at radius 3 is 2.54 bits per heavy atom. The Balaban J connectivity index is 1.54. The van der Waals surface area contributed by atoms with Gasteiger partial charge in [0.05, 0.1) is 27.7 Å². The maximum atomic E-state index is 13.2. The third kappa shape index (κ3) is 5.33. The van der Waals surface area contributed by atoms with Gasteiger partial charge in [-0.05, 0) is 80.3 Å². The number of nitrogens with zero attached hydrogens (tertiary/aromatic N) is 3. The molecule has 0 radical (unpaired) electrons. The summed E-state index contributed by atoms with van der Waals surface area (Å²) in [6.45, 7) is 3.88.